The molecule has 7 heteroatoms. The first-order valence-electron chi connectivity index (χ1n) is 9.28. The molecule has 2 aliphatic carbocycles. The topological polar surface area (TPSA) is 61.8 Å². The molecule has 0 amide bonds. The molecule has 29 heavy (non-hydrogen) atoms. The summed E-state index contributed by atoms with van der Waals surface area (Å²) < 4.78 is 18.6. The second-order valence-corrected chi connectivity index (χ2v) is 9.60. The highest BCUT2D eigenvalue weighted by Crippen LogP contribution is 2.79. The van der Waals surface area contributed by atoms with Crippen molar-refractivity contribution in [2.75, 3.05) is 14.2 Å². The first kappa shape index (κ1) is 19.3. The van der Waals surface area contributed by atoms with Gasteiger partial charge in [0.1, 0.15) is 10.8 Å². The minimum atomic E-state index is -0.887. The van der Waals surface area contributed by atoms with Crippen molar-refractivity contribution in [1.82, 2.24) is 0 Å². The first-order chi connectivity index (χ1) is 13.9. The van der Waals surface area contributed by atoms with E-state index in [0.717, 1.165) is 20.1 Å². The van der Waals surface area contributed by atoms with Crippen LogP contribution < -0.4 is 0 Å². The summed E-state index contributed by atoms with van der Waals surface area (Å²) in [4.78, 5) is 25.9. The molecule has 150 valence electrons. The highest BCUT2D eigenvalue weighted by molar-refractivity contribution is 9.10. The normalized spacial score (nSPS) is 36.0. The number of halogens is 2. The van der Waals surface area contributed by atoms with Crippen molar-refractivity contribution < 1.29 is 23.8 Å². The van der Waals surface area contributed by atoms with E-state index < -0.39 is 10.8 Å². The Morgan fingerprint density at radius 1 is 0.759 bits per heavy atom. The van der Waals surface area contributed by atoms with Gasteiger partial charge in [-0.3, -0.25) is 9.59 Å². The van der Waals surface area contributed by atoms with Crippen LogP contribution in [0.25, 0.3) is 0 Å². The Bertz CT molecular complexity index is 923. The molecule has 0 radical (unpaired) electrons. The second-order valence-electron chi connectivity index (χ2n) is 7.76. The van der Waals surface area contributed by atoms with Gasteiger partial charge in [0.2, 0.25) is 0 Å². The van der Waals surface area contributed by atoms with E-state index in [1.54, 1.807) is 0 Å². The van der Waals surface area contributed by atoms with Crippen molar-refractivity contribution in [2.45, 2.75) is 23.0 Å². The van der Waals surface area contributed by atoms with Crippen molar-refractivity contribution in [3.8, 4) is 0 Å². The van der Waals surface area contributed by atoms with Gasteiger partial charge in [0, 0.05) is 20.8 Å². The Balaban J connectivity index is 1.58. The van der Waals surface area contributed by atoms with Crippen molar-refractivity contribution in [2.24, 2.45) is 11.8 Å². The Hall–Kier alpha value is -1.70. The van der Waals surface area contributed by atoms with Gasteiger partial charge in [-0.15, -0.1) is 0 Å². The molecule has 0 unspecified atom stereocenters. The highest BCUT2D eigenvalue weighted by atomic mass is 79.9. The third kappa shape index (κ3) is 2.29. The average molecular weight is 522 g/mol. The predicted molar refractivity (Wildman–Crippen MR) is 111 cm³/mol. The molecule has 0 aromatic heterocycles. The summed E-state index contributed by atoms with van der Waals surface area (Å²) in [5.74, 6) is -0.919. The molecular formula is C22H18Br2O5. The molecule has 0 spiro atoms. The van der Waals surface area contributed by atoms with Crippen LogP contribution in [-0.2, 0) is 34.6 Å². The SMILES string of the molecule is COC(=O)[C@@]1(c2ccc(Br)cc2)[C@@H]2[C@@H]3[C@H](O[C@@H]21)[C@]3(C(=O)OC)c1ccc(Br)cc1. The molecule has 2 aromatic rings. The molecule has 0 N–H and O–H groups in total. The van der Waals surface area contributed by atoms with Crippen LogP contribution in [0.4, 0.5) is 0 Å². The quantitative estimate of drug-likeness (QED) is 0.573. The van der Waals surface area contributed by atoms with Crippen LogP contribution in [-0.4, -0.2) is 38.4 Å². The maximum absolute atomic E-state index is 13.0. The lowest BCUT2D eigenvalue weighted by atomic mass is 9.87. The molecule has 1 aliphatic heterocycles. The molecule has 2 aromatic carbocycles. The van der Waals surface area contributed by atoms with Gasteiger partial charge in [-0.1, -0.05) is 56.1 Å². The Kier molecular flexibility index (Phi) is 4.25. The molecular weight excluding hydrogens is 504 g/mol. The number of esters is 2. The summed E-state index contributed by atoms with van der Waals surface area (Å²) in [5, 5.41) is 0. The number of hydrogen-bond acceptors (Lipinski definition) is 5. The number of ether oxygens (including phenoxy) is 3. The standard InChI is InChI=1S/C22H18Br2O5/c1-27-19(25)21(11-3-7-13(23)8-4-11)15-16-18(29-17(15)21)22(16,20(26)28-2)12-5-9-14(24)10-6-12/h3-10,15-18H,1-2H3/t15-,16-,17+,18+,21+,22+/m1/s1. The molecule has 2 saturated carbocycles. The molecule has 5 rings (SSSR count). The number of carbonyl (C=O) groups is 2. The summed E-state index contributed by atoms with van der Waals surface area (Å²) in [5.41, 5.74) is -0.0753. The van der Waals surface area contributed by atoms with Crippen LogP contribution in [0, 0.1) is 11.8 Å². The smallest absolute Gasteiger partial charge is 0.319 e. The largest absolute Gasteiger partial charge is 0.468 e. The van der Waals surface area contributed by atoms with Gasteiger partial charge in [-0.25, -0.2) is 0 Å². The molecule has 5 nitrogen and oxygen atoms in total. The summed E-state index contributed by atoms with van der Waals surface area (Å²) in [6.45, 7) is 0. The molecule has 1 heterocycles. The minimum absolute atomic E-state index is 0.135. The summed E-state index contributed by atoms with van der Waals surface area (Å²) in [6, 6.07) is 15.3. The lowest BCUT2D eigenvalue weighted by molar-refractivity contribution is -0.146. The van der Waals surface area contributed by atoms with E-state index >= 15 is 0 Å². The third-order valence-corrected chi connectivity index (χ3v) is 7.81. The van der Waals surface area contributed by atoms with E-state index in [0.29, 0.717) is 0 Å². The van der Waals surface area contributed by atoms with Crippen LogP contribution in [0.15, 0.2) is 57.5 Å². The maximum atomic E-state index is 13.0. The third-order valence-electron chi connectivity index (χ3n) is 6.75. The number of fused-ring (bicyclic) bond motifs is 3. The van der Waals surface area contributed by atoms with Gasteiger partial charge in [-0.2, -0.15) is 0 Å². The summed E-state index contributed by atoms with van der Waals surface area (Å²) in [7, 11) is 2.79. The highest BCUT2D eigenvalue weighted by Gasteiger charge is 2.92. The van der Waals surface area contributed by atoms with Crippen molar-refractivity contribution >= 4 is 43.8 Å². The molecule has 3 fully saturated rings. The fraction of sp³-hybridized carbons (Fsp3) is 0.364. The average Bonchev–Trinajstić information content (AvgIpc) is 3.54. The summed E-state index contributed by atoms with van der Waals surface area (Å²) >= 11 is 6.88. The van der Waals surface area contributed by atoms with E-state index in [2.05, 4.69) is 31.9 Å². The van der Waals surface area contributed by atoms with Crippen LogP contribution in [0.2, 0.25) is 0 Å². The lowest BCUT2D eigenvalue weighted by Gasteiger charge is -2.18. The second kappa shape index (κ2) is 6.40. The Morgan fingerprint density at radius 2 is 1.10 bits per heavy atom. The van der Waals surface area contributed by atoms with Crippen molar-refractivity contribution in [3.63, 3.8) is 0 Å². The Labute approximate surface area is 185 Å². The van der Waals surface area contributed by atoms with Crippen LogP contribution in [0.5, 0.6) is 0 Å². The molecule has 0 bridgehead atoms. The van der Waals surface area contributed by atoms with E-state index in [9.17, 15) is 9.59 Å². The zero-order valence-electron chi connectivity index (χ0n) is 15.7. The zero-order valence-corrected chi connectivity index (χ0v) is 18.9. The van der Waals surface area contributed by atoms with Gasteiger partial charge < -0.3 is 14.2 Å². The molecule has 3 aliphatic rings. The number of benzene rings is 2. The Morgan fingerprint density at radius 3 is 1.41 bits per heavy atom. The fourth-order valence-corrected chi connectivity index (χ4v) is 6.02. The van der Waals surface area contributed by atoms with Gasteiger partial charge >= 0.3 is 11.9 Å². The summed E-state index contributed by atoms with van der Waals surface area (Å²) in [6.07, 6.45) is -0.585. The zero-order chi connectivity index (χ0) is 20.6. The minimum Gasteiger partial charge on any atom is -0.468 e. The van der Waals surface area contributed by atoms with E-state index in [1.807, 2.05) is 48.5 Å². The number of carbonyl (C=O) groups excluding carboxylic acids is 2. The number of rotatable bonds is 4. The van der Waals surface area contributed by atoms with Gasteiger partial charge in [0.15, 0.2) is 0 Å². The number of hydrogen-bond donors (Lipinski definition) is 0. The number of methoxy groups -OCH3 is 2. The van der Waals surface area contributed by atoms with Crippen LogP contribution >= 0.6 is 31.9 Å². The van der Waals surface area contributed by atoms with E-state index in [4.69, 9.17) is 14.2 Å². The van der Waals surface area contributed by atoms with Gasteiger partial charge in [0.05, 0.1) is 26.4 Å². The lowest BCUT2D eigenvalue weighted by Crippen LogP contribution is -2.30. The predicted octanol–water partition coefficient (Wildman–Crippen LogP) is 3.76. The maximum Gasteiger partial charge on any atom is 0.319 e. The van der Waals surface area contributed by atoms with Gasteiger partial charge in [-0.05, 0) is 35.4 Å². The van der Waals surface area contributed by atoms with E-state index in [-0.39, 0.29) is 36.0 Å². The molecule has 6 atom stereocenters. The van der Waals surface area contributed by atoms with E-state index in [1.165, 1.54) is 14.2 Å². The van der Waals surface area contributed by atoms with Gasteiger partial charge in [0.25, 0.3) is 0 Å². The molecule has 1 saturated heterocycles. The van der Waals surface area contributed by atoms with Crippen LogP contribution in [0.3, 0.4) is 0 Å². The van der Waals surface area contributed by atoms with Crippen molar-refractivity contribution in [1.29, 1.82) is 0 Å². The fourth-order valence-electron chi connectivity index (χ4n) is 5.49. The monoisotopic (exact) mass is 520 g/mol. The van der Waals surface area contributed by atoms with Crippen molar-refractivity contribution in [3.05, 3.63) is 68.6 Å². The van der Waals surface area contributed by atoms with Crippen LogP contribution in [0.1, 0.15) is 11.1 Å². The first-order valence-corrected chi connectivity index (χ1v) is 10.9.